The molecule has 1 unspecified atom stereocenters. The maximum absolute atomic E-state index is 12.8. The zero-order chi connectivity index (χ0) is 12.2. The molecule has 0 aliphatic carbocycles. The normalized spacial score (nSPS) is 13.7. The van der Waals surface area contributed by atoms with Crippen LogP contribution in [-0.2, 0) is 10.0 Å². The van der Waals surface area contributed by atoms with E-state index in [0.29, 0.717) is 6.42 Å². The molecule has 1 aromatic rings. The van der Waals surface area contributed by atoms with E-state index >= 15 is 0 Å². The van der Waals surface area contributed by atoms with Gasteiger partial charge in [-0.25, -0.2) is 17.5 Å². The largest absolute Gasteiger partial charge is 0.240 e. The van der Waals surface area contributed by atoms with Crippen molar-refractivity contribution in [3.8, 4) is 0 Å². The van der Waals surface area contributed by atoms with Crippen LogP contribution in [-0.4, -0.2) is 20.3 Å². The van der Waals surface area contributed by atoms with Gasteiger partial charge in [-0.05, 0) is 31.5 Å². The van der Waals surface area contributed by atoms with Crippen molar-refractivity contribution in [2.45, 2.75) is 23.6 Å². The van der Waals surface area contributed by atoms with Gasteiger partial charge in [-0.1, -0.05) is 6.07 Å². The van der Waals surface area contributed by atoms with Gasteiger partial charge in [0.2, 0.25) is 10.0 Å². The number of hydrogen-bond acceptors (Lipinski definition) is 2. The van der Waals surface area contributed by atoms with E-state index in [2.05, 4.69) is 4.72 Å². The van der Waals surface area contributed by atoms with E-state index in [4.69, 9.17) is 11.6 Å². The zero-order valence-corrected chi connectivity index (χ0v) is 10.4. The van der Waals surface area contributed by atoms with Gasteiger partial charge in [-0.3, -0.25) is 0 Å². The summed E-state index contributed by atoms with van der Waals surface area (Å²) in [5.41, 5.74) is 0. The van der Waals surface area contributed by atoms with Crippen molar-refractivity contribution in [1.29, 1.82) is 0 Å². The third kappa shape index (κ3) is 4.08. The van der Waals surface area contributed by atoms with Crippen LogP contribution in [0.5, 0.6) is 0 Å². The van der Waals surface area contributed by atoms with Crippen LogP contribution < -0.4 is 4.72 Å². The molecular formula is C10H13ClFNO2S. The molecule has 1 N–H and O–H groups in total. The Balaban J connectivity index is 2.71. The maximum Gasteiger partial charge on any atom is 0.240 e. The Kier molecular flexibility index (Phi) is 4.70. The van der Waals surface area contributed by atoms with Crippen molar-refractivity contribution in [3.05, 3.63) is 30.1 Å². The molecular weight excluding hydrogens is 253 g/mol. The van der Waals surface area contributed by atoms with Crippen LogP contribution in [0.15, 0.2) is 29.2 Å². The van der Waals surface area contributed by atoms with E-state index in [1.807, 2.05) is 0 Å². The number of sulfonamides is 1. The molecule has 16 heavy (non-hydrogen) atoms. The van der Waals surface area contributed by atoms with Gasteiger partial charge < -0.3 is 0 Å². The zero-order valence-electron chi connectivity index (χ0n) is 8.78. The lowest BCUT2D eigenvalue weighted by atomic mass is 10.3. The third-order valence-electron chi connectivity index (χ3n) is 1.94. The fourth-order valence-corrected chi connectivity index (χ4v) is 2.30. The summed E-state index contributed by atoms with van der Waals surface area (Å²) in [4.78, 5) is -0.0743. The van der Waals surface area contributed by atoms with Crippen LogP contribution in [0.3, 0.4) is 0 Å². The summed E-state index contributed by atoms with van der Waals surface area (Å²) >= 11 is 5.68. The molecule has 1 aromatic carbocycles. The van der Waals surface area contributed by atoms with E-state index in [-0.39, 0.29) is 16.8 Å². The molecule has 0 radical (unpaired) electrons. The highest BCUT2D eigenvalue weighted by Gasteiger charge is 2.13. The average molecular weight is 266 g/mol. The predicted molar refractivity (Wildman–Crippen MR) is 61.5 cm³/mol. The van der Waals surface area contributed by atoms with Crippen LogP contribution in [0.25, 0.3) is 0 Å². The molecule has 0 bridgehead atoms. The summed E-state index contributed by atoms with van der Waals surface area (Å²) in [7, 11) is -3.63. The predicted octanol–water partition coefficient (Wildman–Crippen LogP) is 2.12. The Labute approximate surface area is 99.7 Å². The second-order valence-electron chi connectivity index (χ2n) is 3.42. The van der Waals surface area contributed by atoms with Gasteiger partial charge in [0.05, 0.1) is 4.90 Å². The summed E-state index contributed by atoms with van der Waals surface area (Å²) in [6.07, 6.45) is 0.524. The Morgan fingerprint density at radius 1 is 1.50 bits per heavy atom. The summed E-state index contributed by atoms with van der Waals surface area (Å²) < 4.78 is 38.5. The Morgan fingerprint density at radius 2 is 2.19 bits per heavy atom. The van der Waals surface area contributed by atoms with Crippen molar-refractivity contribution in [2.75, 3.05) is 6.54 Å². The van der Waals surface area contributed by atoms with Gasteiger partial charge >= 0.3 is 0 Å². The highest BCUT2D eigenvalue weighted by atomic mass is 35.5. The summed E-state index contributed by atoms with van der Waals surface area (Å²) in [5, 5.41) is -0.102. The summed E-state index contributed by atoms with van der Waals surface area (Å²) in [6.45, 7) is 2.02. The fraction of sp³-hybridized carbons (Fsp3) is 0.400. The Hall–Kier alpha value is -0.650. The topological polar surface area (TPSA) is 46.2 Å². The highest BCUT2D eigenvalue weighted by molar-refractivity contribution is 7.89. The smallest absolute Gasteiger partial charge is 0.211 e. The summed E-state index contributed by atoms with van der Waals surface area (Å²) in [6, 6.07) is 4.87. The van der Waals surface area contributed by atoms with E-state index in [9.17, 15) is 12.8 Å². The first kappa shape index (κ1) is 13.4. The standard InChI is InChI=1S/C10H13ClFNO2S/c1-8(11)5-6-13-16(14,15)10-4-2-3-9(12)7-10/h2-4,7-8,13H,5-6H2,1H3. The van der Waals surface area contributed by atoms with E-state index in [1.165, 1.54) is 18.2 Å². The minimum absolute atomic E-state index is 0.0743. The monoisotopic (exact) mass is 265 g/mol. The lowest BCUT2D eigenvalue weighted by molar-refractivity contribution is 0.575. The van der Waals surface area contributed by atoms with Crippen molar-refractivity contribution in [2.24, 2.45) is 0 Å². The van der Waals surface area contributed by atoms with E-state index < -0.39 is 15.8 Å². The van der Waals surface area contributed by atoms with Gasteiger partial charge in [0.25, 0.3) is 0 Å². The minimum Gasteiger partial charge on any atom is -0.211 e. The second kappa shape index (κ2) is 5.61. The van der Waals surface area contributed by atoms with E-state index in [0.717, 1.165) is 6.07 Å². The molecule has 6 heteroatoms. The van der Waals surface area contributed by atoms with Crippen molar-refractivity contribution in [3.63, 3.8) is 0 Å². The minimum atomic E-state index is -3.63. The molecule has 0 saturated carbocycles. The van der Waals surface area contributed by atoms with Crippen LogP contribution in [0, 0.1) is 5.82 Å². The van der Waals surface area contributed by atoms with Gasteiger partial charge in [0.15, 0.2) is 0 Å². The number of nitrogens with one attached hydrogen (secondary N) is 1. The lowest BCUT2D eigenvalue weighted by Gasteiger charge is -2.07. The molecule has 0 amide bonds. The first-order valence-corrected chi connectivity index (χ1v) is 6.73. The van der Waals surface area contributed by atoms with Crippen molar-refractivity contribution >= 4 is 21.6 Å². The van der Waals surface area contributed by atoms with Gasteiger partial charge in [0, 0.05) is 11.9 Å². The SMILES string of the molecule is CC(Cl)CCNS(=O)(=O)c1cccc(F)c1. The third-order valence-corrected chi connectivity index (χ3v) is 3.62. The number of benzene rings is 1. The number of halogens is 2. The average Bonchev–Trinajstić information content (AvgIpc) is 2.16. The molecule has 0 fully saturated rings. The van der Waals surface area contributed by atoms with Crippen molar-refractivity contribution in [1.82, 2.24) is 4.72 Å². The lowest BCUT2D eigenvalue weighted by Crippen LogP contribution is -2.26. The molecule has 3 nitrogen and oxygen atoms in total. The molecule has 1 atom stereocenters. The fourth-order valence-electron chi connectivity index (χ4n) is 1.11. The van der Waals surface area contributed by atoms with Crippen LogP contribution in [0.1, 0.15) is 13.3 Å². The first-order valence-electron chi connectivity index (χ1n) is 4.81. The molecule has 0 aliphatic heterocycles. The molecule has 0 aromatic heterocycles. The second-order valence-corrected chi connectivity index (χ2v) is 5.94. The van der Waals surface area contributed by atoms with Gasteiger partial charge in [-0.2, -0.15) is 0 Å². The number of alkyl halides is 1. The quantitative estimate of drug-likeness (QED) is 0.829. The maximum atomic E-state index is 12.8. The van der Waals surface area contributed by atoms with E-state index in [1.54, 1.807) is 6.92 Å². The van der Waals surface area contributed by atoms with Crippen LogP contribution in [0.4, 0.5) is 4.39 Å². The molecule has 90 valence electrons. The molecule has 0 spiro atoms. The highest BCUT2D eigenvalue weighted by Crippen LogP contribution is 2.10. The molecule has 0 heterocycles. The van der Waals surface area contributed by atoms with Gasteiger partial charge in [-0.15, -0.1) is 11.6 Å². The van der Waals surface area contributed by atoms with Crippen LogP contribution >= 0.6 is 11.6 Å². The number of rotatable bonds is 5. The molecule has 0 saturated heterocycles. The van der Waals surface area contributed by atoms with Gasteiger partial charge in [0.1, 0.15) is 5.82 Å². The molecule has 0 aliphatic rings. The Bertz CT molecular complexity index is 448. The Morgan fingerprint density at radius 3 is 2.75 bits per heavy atom. The number of hydrogen-bond donors (Lipinski definition) is 1. The first-order chi connectivity index (χ1) is 7.42. The van der Waals surface area contributed by atoms with Crippen molar-refractivity contribution < 1.29 is 12.8 Å². The van der Waals surface area contributed by atoms with Crippen LogP contribution in [0.2, 0.25) is 0 Å². The summed E-state index contributed by atoms with van der Waals surface area (Å²) in [5.74, 6) is -0.575. The molecule has 1 rings (SSSR count).